The fourth-order valence-corrected chi connectivity index (χ4v) is 2.89. The molecule has 0 aliphatic rings. The summed E-state index contributed by atoms with van der Waals surface area (Å²) < 4.78 is 3.52. The molecule has 2 rings (SSSR count). The standard InChI is InChI=1S/C13H14Br2N2O/c1-3-17-12(11(15)7-16-17)13(18)9-6-8(2)4-5-10(9)14/h4-7,13,18H,3H2,1-2H3. The van der Waals surface area contributed by atoms with Crippen molar-refractivity contribution in [2.75, 3.05) is 0 Å². The van der Waals surface area contributed by atoms with Crippen LogP contribution in [0.4, 0.5) is 0 Å². The molecule has 1 aromatic heterocycles. The molecule has 0 fully saturated rings. The van der Waals surface area contributed by atoms with Gasteiger partial charge in [0.05, 0.1) is 16.4 Å². The molecule has 1 N–H and O–H groups in total. The lowest BCUT2D eigenvalue weighted by molar-refractivity contribution is 0.206. The van der Waals surface area contributed by atoms with Crippen LogP contribution in [-0.4, -0.2) is 14.9 Å². The zero-order valence-electron chi connectivity index (χ0n) is 10.2. The van der Waals surface area contributed by atoms with Crippen molar-refractivity contribution in [3.63, 3.8) is 0 Å². The van der Waals surface area contributed by atoms with Crippen LogP contribution in [0.25, 0.3) is 0 Å². The number of aryl methyl sites for hydroxylation is 2. The average molecular weight is 374 g/mol. The molecule has 0 spiro atoms. The molecule has 1 atom stereocenters. The number of hydrogen-bond donors (Lipinski definition) is 1. The monoisotopic (exact) mass is 372 g/mol. The first kappa shape index (κ1) is 13.8. The molecule has 0 aliphatic heterocycles. The highest BCUT2D eigenvalue weighted by atomic mass is 79.9. The van der Waals surface area contributed by atoms with E-state index in [1.54, 1.807) is 10.9 Å². The van der Waals surface area contributed by atoms with Crippen LogP contribution < -0.4 is 0 Å². The Balaban J connectivity index is 2.50. The molecular formula is C13H14Br2N2O. The Labute approximate surface area is 123 Å². The van der Waals surface area contributed by atoms with Gasteiger partial charge in [0.25, 0.3) is 0 Å². The molecule has 96 valence electrons. The van der Waals surface area contributed by atoms with Gasteiger partial charge in [-0.1, -0.05) is 33.6 Å². The molecule has 1 aromatic carbocycles. The molecule has 2 aromatic rings. The first-order chi connectivity index (χ1) is 8.54. The molecule has 0 aliphatic carbocycles. The van der Waals surface area contributed by atoms with Crippen LogP contribution >= 0.6 is 31.9 Å². The maximum atomic E-state index is 10.6. The summed E-state index contributed by atoms with van der Waals surface area (Å²) in [6.07, 6.45) is 1.02. The number of halogens is 2. The van der Waals surface area contributed by atoms with E-state index in [0.29, 0.717) is 0 Å². The molecule has 18 heavy (non-hydrogen) atoms. The van der Waals surface area contributed by atoms with E-state index in [1.807, 2.05) is 32.0 Å². The lowest BCUT2D eigenvalue weighted by Crippen LogP contribution is -2.10. The quantitative estimate of drug-likeness (QED) is 0.888. The van der Waals surface area contributed by atoms with Gasteiger partial charge < -0.3 is 5.11 Å². The second-order valence-corrected chi connectivity index (χ2v) is 5.83. The summed E-state index contributed by atoms with van der Waals surface area (Å²) in [6, 6.07) is 5.94. The summed E-state index contributed by atoms with van der Waals surface area (Å²) in [4.78, 5) is 0. The fourth-order valence-electron chi connectivity index (χ4n) is 1.92. The lowest BCUT2D eigenvalue weighted by atomic mass is 10.0. The van der Waals surface area contributed by atoms with Gasteiger partial charge in [0.15, 0.2) is 0 Å². The Hall–Kier alpha value is -0.650. The van der Waals surface area contributed by atoms with Gasteiger partial charge in [-0.05, 0) is 35.8 Å². The molecule has 3 nitrogen and oxygen atoms in total. The van der Waals surface area contributed by atoms with Gasteiger partial charge in [-0.3, -0.25) is 4.68 Å². The van der Waals surface area contributed by atoms with Crippen molar-refractivity contribution in [1.29, 1.82) is 0 Å². The maximum Gasteiger partial charge on any atom is 0.123 e. The van der Waals surface area contributed by atoms with Gasteiger partial charge in [0.2, 0.25) is 0 Å². The zero-order chi connectivity index (χ0) is 13.3. The van der Waals surface area contributed by atoms with E-state index >= 15 is 0 Å². The number of benzene rings is 1. The van der Waals surface area contributed by atoms with Crippen molar-refractivity contribution in [2.45, 2.75) is 26.5 Å². The SMILES string of the molecule is CCn1ncc(Br)c1C(O)c1cc(C)ccc1Br. The molecule has 5 heteroatoms. The highest BCUT2D eigenvalue weighted by Crippen LogP contribution is 2.33. The van der Waals surface area contributed by atoms with E-state index in [9.17, 15) is 5.11 Å². The van der Waals surface area contributed by atoms with Crippen LogP contribution in [0.5, 0.6) is 0 Å². The van der Waals surface area contributed by atoms with Gasteiger partial charge >= 0.3 is 0 Å². The van der Waals surface area contributed by atoms with Gasteiger partial charge in [-0.2, -0.15) is 5.10 Å². The smallest absolute Gasteiger partial charge is 0.123 e. The second-order valence-electron chi connectivity index (χ2n) is 4.12. The van der Waals surface area contributed by atoms with Crippen molar-refractivity contribution >= 4 is 31.9 Å². The molecule has 1 heterocycles. The summed E-state index contributed by atoms with van der Waals surface area (Å²) in [7, 11) is 0. The lowest BCUT2D eigenvalue weighted by Gasteiger charge is -2.16. The molecular weight excluding hydrogens is 360 g/mol. The number of nitrogens with zero attached hydrogens (tertiary/aromatic N) is 2. The highest BCUT2D eigenvalue weighted by molar-refractivity contribution is 9.10. The largest absolute Gasteiger partial charge is 0.382 e. The molecule has 0 amide bonds. The van der Waals surface area contributed by atoms with E-state index in [0.717, 1.165) is 32.3 Å². The van der Waals surface area contributed by atoms with Gasteiger partial charge in [0.1, 0.15) is 6.10 Å². The molecule has 0 radical (unpaired) electrons. The Morgan fingerprint density at radius 3 is 2.72 bits per heavy atom. The van der Waals surface area contributed by atoms with Crippen molar-refractivity contribution in [1.82, 2.24) is 9.78 Å². The second kappa shape index (κ2) is 5.55. The van der Waals surface area contributed by atoms with E-state index in [1.165, 1.54) is 0 Å². The van der Waals surface area contributed by atoms with Gasteiger partial charge in [-0.25, -0.2) is 0 Å². The predicted octanol–water partition coefficient (Wildman–Crippen LogP) is 3.82. The van der Waals surface area contributed by atoms with Crippen LogP contribution in [0.15, 0.2) is 33.3 Å². The topological polar surface area (TPSA) is 38.0 Å². The highest BCUT2D eigenvalue weighted by Gasteiger charge is 2.21. The van der Waals surface area contributed by atoms with E-state index in [2.05, 4.69) is 37.0 Å². The minimum absolute atomic E-state index is 0.698. The average Bonchev–Trinajstić information content (AvgIpc) is 2.72. The molecule has 0 saturated carbocycles. The van der Waals surface area contributed by atoms with Crippen molar-refractivity contribution in [3.05, 3.63) is 50.2 Å². The van der Waals surface area contributed by atoms with E-state index in [-0.39, 0.29) is 0 Å². The van der Waals surface area contributed by atoms with Gasteiger partial charge in [0, 0.05) is 16.6 Å². The number of aromatic nitrogens is 2. The first-order valence-corrected chi connectivity index (χ1v) is 7.28. The maximum absolute atomic E-state index is 10.6. The zero-order valence-corrected chi connectivity index (χ0v) is 13.4. The summed E-state index contributed by atoms with van der Waals surface area (Å²) in [6.45, 7) is 4.73. The summed E-state index contributed by atoms with van der Waals surface area (Å²) in [5.74, 6) is 0. The van der Waals surface area contributed by atoms with Crippen LogP contribution in [-0.2, 0) is 6.54 Å². The van der Waals surface area contributed by atoms with Crippen molar-refractivity contribution in [2.24, 2.45) is 0 Å². The number of rotatable bonds is 3. The van der Waals surface area contributed by atoms with Crippen LogP contribution in [0.2, 0.25) is 0 Å². The minimum atomic E-state index is -0.698. The Kier molecular flexibility index (Phi) is 4.25. The first-order valence-electron chi connectivity index (χ1n) is 5.70. The number of hydrogen-bond acceptors (Lipinski definition) is 2. The number of aliphatic hydroxyl groups excluding tert-OH is 1. The summed E-state index contributed by atoms with van der Waals surface area (Å²) in [5.41, 5.74) is 2.75. The van der Waals surface area contributed by atoms with Gasteiger partial charge in [-0.15, -0.1) is 0 Å². The Bertz CT molecular complexity index is 566. The molecule has 0 bridgehead atoms. The third-order valence-corrected chi connectivity index (χ3v) is 4.17. The van der Waals surface area contributed by atoms with Crippen LogP contribution in [0.1, 0.15) is 29.8 Å². The molecule has 0 saturated heterocycles. The predicted molar refractivity (Wildman–Crippen MR) is 78.5 cm³/mol. The van der Waals surface area contributed by atoms with E-state index < -0.39 is 6.10 Å². The van der Waals surface area contributed by atoms with Crippen molar-refractivity contribution in [3.8, 4) is 0 Å². The molecule has 1 unspecified atom stereocenters. The van der Waals surface area contributed by atoms with Crippen LogP contribution in [0.3, 0.4) is 0 Å². The minimum Gasteiger partial charge on any atom is -0.382 e. The summed E-state index contributed by atoms with van der Waals surface area (Å²) >= 11 is 6.92. The van der Waals surface area contributed by atoms with Crippen molar-refractivity contribution < 1.29 is 5.11 Å². The normalized spacial score (nSPS) is 12.7. The third-order valence-electron chi connectivity index (χ3n) is 2.84. The third kappa shape index (κ3) is 2.53. The number of aliphatic hydroxyl groups is 1. The Morgan fingerprint density at radius 1 is 1.33 bits per heavy atom. The summed E-state index contributed by atoms with van der Waals surface area (Å²) in [5, 5.41) is 14.8. The van der Waals surface area contributed by atoms with Crippen LogP contribution in [0, 0.1) is 6.92 Å². The van der Waals surface area contributed by atoms with E-state index in [4.69, 9.17) is 0 Å². The fraction of sp³-hybridized carbons (Fsp3) is 0.308. The Morgan fingerprint density at radius 2 is 2.06 bits per heavy atom.